The average molecular weight is 511 g/mol. The van der Waals surface area contributed by atoms with Gasteiger partial charge in [-0.25, -0.2) is 0 Å². The van der Waals surface area contributed by atoms with E-state index in [0.717, 1.165) is 64.7 Å². The van der Waals surface area contributed by atoms with Crippen molar-refractivity contribution in [3.05, 3.63) is 0 Å². The normalized spacial score (nSPS) is 25.4. The Balaban J connectivity index is 0.00000392. The molecule has 2 unspecified atom stereocenters. The lowest BCUT2D eigenvalue weighted by molar-refractivity contribution is -0.0679. The van der Waals surface area contributed by atoms with Gasteiger partial charge in [-0.15, -0.1) is 24.0 Å². The Labute approximate surface area is 189 Å². The lowest BCUT2D eigenvalue weighted by atomic mass is 9.83. The second-order valence-corrected chi connectivity index (χ2v) is 8.38. The fourth-order valence-electron chi connectivity index (χ4n) is 4.54. The summed E-state index contributed by atoms with van der Waals surface area (Å²) in [5.74, 6) is 0.932. The minimum atomic E-state index is 0. The molecule has 2 N–H and O–H groups in total. The van der Waals surface area contributed by atoms with E-state index in [1.165, 1.54) is 25.7 Å². The van der Waals surface area contributed by atoms with E-state index in [0.29, 0.717) is 17.6 Å². The van der Waals surface area contributed by atoms with Gasteiger partial charge in [-0.1, -0.05) is 12.8 Å². The molecular weight excluding hydrogens is 467 g/mol. The topological polar surface area (TPSA) is 58.1 Å². The minimum Gasteiger partial charge on any atom is -0.382 e. The number of ether oxygens (including phenoxy) is 2. The summed E-state index contributed by atoms with van der Waals surface area (Å²) in [6.07, 6.45) is 8.25. The van der Waals surface area contributed by atoms with Crippen LogP contribution < -0.4 is 10.6 Å². The number of nitrogens with zero attached hydrogens (tertiary/aromatic N) is 2. The first-order chi connectivity index (χ1) is 13.1. The first-order valence-corrected chi connectivity index (χ1v) is 11.0. The highest BCUT2D eigenvalue weighted by Crippen LogP contribution is 2.40. The molecule has 2 fully saturated rings. The van der Waals surface area contributed by atoms with E-state index >= 15 is 0 Å². The number of hydrogen-bond acceptors (Lipinski definition) is 4. The molecule has 1 heterocycles. The predicted octanol–water partition coefficient (Wildman–Crippen LogP) is 3.26. The van der Waals surface area contributed by atoms with Crippen LogP contribution in [-0.2, 0) is 9.47 Å². The smallest absolute Gasteiger partial charge is 0.190 e. The Bertz CT molecular complexity index is 434. The standard InChI is InChI=1S/C21H42N4O2.HI/c1-5-26-14-11-21(9-6-7-10-21)17-24-20(22-4)23-12-8-13-25-15-18(2)27-19(3)16-25;/h18-19H,5-17H2,1-4H3,(H2,22,23,24);1H. The second-order valence-electron chi connectivity index (χ2n) is 8.38. The van der Waals surface area contributed by atoms with E-state index in [4.69, 9.17) is 9.47 Å². The van der Waals surface area contributed by atoms with Crippen LogP contribution in [0.5, 0.6) is 0 Å². The Morgan fingerprint density at radius 1 is 1.18 bits per heavy atom. The maximum absolute atomic E-state index is 5.81. The van der Waals surface area contributed by atoms with Crippen molar-refractivity contribution in [3.63, 3.8) is 0 Å². The summed E-state index contributed by atoms with van der Waals surface area (Å²) in [5.41, 5.74) is 0.382. The summed E-state index contributed by atoms with van der Waals surface area (Å²) >= 11 is 0. The zero-order chi connectivity index (χ0) is 19.5. The van der Waals surface area contributed by atoms with E-state index < -0.39 is 0 Å². The summed E-state index contributed by atoms with van der Waals surface area (Å²) in [5, 5.41) is 7.07. The molecule has 0 aromatic heterocycles. The molecule has 1 saturated heterocycles. The summed E-state index contributed by atoms with van der Waals surface area (Å²) in [7, 11) is 1.86. The van der Waals surface area contributed by atoms with Gasteiger partial charge >= 0.3 is 0 Å². The lowest BCUT2D eigenvalue weighted by Crippen LogP contribution is -2.47. The van der Waals surface area contributed by atoms with E-state index in [1.54, 1.807) is 0 Å². The van der Waals surface area contributed by atoms with Gasteiger partial charge in [-0.05, 0) is 51.9 Å². The third-order valence-electron chi connectivity index (χ3n) is 5.94. The highest BCUT2D eigenvalue weighted by Gasteiger charge is 2.33. The van der Waals surface area contributed by atoms with Crippen molar-refractivity contribution < 1.29 is 9.47 Å². The van der Waals surface area contributed by atoms with E-state index in [9.17, 15) is 0 Å². The van der Waals surface area contributed by atoms with Gasteiger partial charge in [-0.3, -0.25) is 9.89 Å². The maximum atomic E-state index is 5.81. The van der Waals surface area contributed by atoms with Gasteiger partial charge in [0.05, 0.1) is 12.2 Å². The molecule has 0 amide bonds. The van der Waals surface area contributed by atoms with E-state index in [-0.39, 0.29) is 24.0 Å². The molecule has 28 heavy (non-hydrogen) atoms. The molecular formula is C21H43IN4O2. The molecule has 6 nitrogen and oxygen atoms in total. The number of halogens is 1. The van der Waals surface area contributed by atoms with E-state index in [1.807, 2.05) is 7.05 Å². The average Bonchev–Trinajstić information content (AvgIpc) is 3.10. The van der Waals surface area contributed by atoms with Gasteiger partial charge in [0.1, 0.15) is 0 Å². The number of rotatable bonds is 10. The molecule has 0 aromatic carbocycles. The van der Waals surface area contributed by atoms with Crippen molar-refractivity contribution >= 4 is 29.9 Å². The Kier molecular flexibility index (Phi) is 12.9. The van der Waals surface area contributed by atoms with Crippen LogP contribution in [0.25, 0.3) is 0 Å². The molecule has 7 heteroatoms. The molecule has 2 aliphatic rings. The van der Waals surface area contributed by atoms with Crippen molar-refractivity contribution in [2.24, 2.45) is 10.4 Å². The van der Waals surface area contributed by atoms with Crippen molar-refractivity contribution in [1.82, 2.24) is 15.5 Å². The number of nitrogens with one attached hydrogen (secondary N) is 2. The number of guanidine groups is 1. The summed E-state index contributed by atoms with van der Waals surface area (Å²) in [6, 6.07) is 0. The molecule has 1 aliphatic carbocycles. The van der Waals surface area contributed by atoms with Gasteiger partial charge in [0, 0.05) is 53.0 Å². The van der Waals surface area contributed by atoms with Crippen LogP contribution in [0.15, 0.2) is 4.99 Å². The quantitative estimate of drug-likeness (QED) is 0.205. The first-order valence-electron chi connectivity index (χ1n) is 11.0. The number of aliphatic imine (C=N–C) groups is 1. The monoisotopic (exact) mass is 510 g/mol. The van der Waals surface area contributed by atoms with Crippen molar-refractivity contribution in [2.45, 2.75) is 71.5 Å². The van der Waals surface area contributed by atoms with Crippen molar-refractivity contribution in [2.75, 3.05) is 53.0 Å². The fourth-order valence-corrected chi connectivity index (χ4v) is 4.54. The highest BCUT2D eigenvalue weighted by molar-refractivity contribution is 14.0. The van der Waals surface area contributed by atoms with Crippen LogP contribution in [0, 0.1) is 5.41 Å². The maximum Gasteiger partial charge on any atom is 0.190 e. The van der Waals surface area contributed by atoms with Crippen molar-refractivity contribution in [1.29, 1.82) is 0 Å². The third-order valence-corrected chi connectivity index (χ3v) is 5.94. The molecule has 0 radical (unpaired) electrons. The van der Waals surface area contributed by atoms with Gasteiger partial charge < -0.3 is 20.1 Å². The van der Waals surface area contributed by atoms with Crippen LogP contribution in [0.1, 0.15) is 59.3 Å². The Morgan fingerprint density at radius 3 is 2.46 bits per heavy atom. The molecule has 0 spiro atoms. The van der Waals surface area contributed by atoms with Crippen molar-refractivity contribution in [3.8, 4) is 0 Å². The Morgan fingerprint density at radius 2 is 1.86 bits per heavy atom. The van der Waals surface area contributed by atoms with Gasteiger partial charge in [0.15, 0.2) is 5.96 Å². The molecule has 1 aliphatic heterocycles. The van der Waals surface area contributed by atoms with Crippen LogP contribution in [0.3, 0.4) is 0 Å². The van der Waals surface area contributed by atoms with Gasteiger partial charge in [-0.2, -0.15) is 0 Å². The number of morpholine rings is 1. The molecule has 0 bridgehead atoms. The van der Waals surface area contributed by atoms with Gasteiger partial charge in [0.2, 0.25) is 0 Å². The molecule has 0 aromatic rings. The SMILES string of the molecule is CCOCCC1(CNC(=NC)NCCCN2CC(C)OC(C)C2)CCCC1.I. The molecule has 2 rings (SSSR count). The van der Waals surface area contributed by atoms with E-state index in [2.05, 4.69) is 41.3 Å². The summed E-state index contributed by atoms with van der Waals surface area (Å²) < 4.78 is 11.4. The van der Waals surface area contributed by atoms with Crippen LogP contribution in [0.2, 0.25) is 0 Å². The zero-order valence-electron chi connectivity index (χ0n) is 18.5. The predicted molar refractivity (Wildman–Crippen MR) is 128 cm³/mol. The third kappa shape index (κ3) is 9.13. The van der Waals surface area contributed by atoms with Crippen LogP contribution in [0.4, 0.5) is 0 Å². The number of hydrogen-bond donors (Lipinski definition) is 2. The highest BCUT2D eigenvalue weighted by atomic mass is 127. The molecule has 1 saturated carbocycles. The summed E-state index contributed by atoms with van der Waals surface area (Å²) in [6.45, 7) is 13.2. The van der Waals surface area contributed by atoms with Crippen LogP contribution >= 0.6 is 24.0 Å². The zero-order valence-corrected chi connectivity index (χ0v) is 20.8. The Hall–Kier alpha value is -0.120. The molecule has 2 atom stereocenters. The second kappa shape index (κ2) is 14.0. The largest absolute Gasteiger partial charge is 0.382 e. The molecule has 166 valence electrons. The fraction of sp³-hybridized carbons (Fsp3) is 0.952. The summed E-state index contributed by atoms with van der Waals surface area (Å²) in [4.78, 5) is 6.93. The van der Waals surface area contributed by atoms with Gasteiger partial charge in [0.25, 0.3) is 0 Å². The minimum absolute atomic E-state index is 0. The van der Waals surface area contributed by atoms with Crippen LogP contribution in [-0.4, -0.2) is 76.1 Å². The lowest BCUT2D eigenvalue weighted by Gasteiger charge is -2.35. The first kappa shape index (κ1) is 25.9.